The molecule has 118 valence electrons. The quantitative estimate of drug-likeness (QED) is 0.854. The maximum atomic E-state index is 12.3. The van der Waals surface area contributed by atoms with Crippen molar-refractivity contribution < 1.29 is 4.79 Å². The van der Waals surface area contributed by atoms with Gasteiger partial charge in [0, 0.05) is 18.7 Å². The Bertz CT molecular complexity index is 758. The first-order valence-electron chi connectivity index (χ1n) is 7.45. The standard InChI is InChI=1S/C16H17N5OS/c1-10(15(22)18-13-7-3-11(9-17)4-8-13)23-16-20-19-14(21(16)2)12-5-6-12/h3-4,7-8,10,12H,5-6H2,1-2H3,(H,18,22)/t10-/m1/s1. The zero-order chi connectivity index (χ0) is 16.4. The summed E-state index contributed by atoms with van der Waals surface area (Å²) in [5, 5.41) is 20.5. The van der Waals surface area contributed by atoms with E-state index in [-0.39, 0.29) is 11.2 Å². The number of amides is 1. The minimum absolute atomic E-state index is 0.101. The second-order valence-electron chi connectivity index (χ2n) is 5.61. The number of nitrogens with zero attached hydrogens (tertiary/aromatic N) is 4. The van der Waals surface area contributed by atoms with E-state index < -0.39 is 0 Å². The van der Waals surface area contributed by atoms with Crippen LogP contribution in [0.5, 0.6) is 0 Å². The maximum absolute atomic E-state index is 12.3. The second kappa shape index (κ2) is 6.42. The summed E-state index contributed by atoms with van der Waals surface area (Å²) in [6, 6.07) is 8.86. The SMILES string of the molecule is C[C@@H](Sc1nnc(C2CC2)n1C)C(=O)Nc1ccc(C#N)cc1. The molecule has 6 nitrogen and oxygen atoms in total. The summed E-state index contributed by atoms with van der Waals surface area (Å²) < 4.78 is 1.98. The molecule has 1 N–H and O–H groups in total. The lowest BCUT2D eigenvalue weighted by molar-refractivity contribution is -0.115. The Kier molecular flexibility index (Phi) is 4.35. The Balaban J connectivity index is 1.62. The number of nitrogens with one attached hydrogen (secondary N) is 1. The Hall–Kier alpha value is -2.33. The average molecular weight is 327 g/mol. The molecule has 23 heavy (non-hydrogen) atoms. The van der Waals surface area contributed by atoms with Gasteiger partial charge in [-0.25, -0.2) is 0 Å². The third kappa shape index (κ3) is 3.54. The topological polar surface area (TPSA) is 83.6 Å². The minimum atomic E-state index is -0.291. The molecule has 1 atom stereocenters. The molecule has 3 rings (SSSR count). The van der Waals surface area contributed by atoms with E-state index in [0.717, 1.165) is 11.0 Å². The summed E-state index contributed by atoms with van der Waals surface area (Å²) in [6.45, 7) is 1.84. The van der Waals surface area contributed by atoms with E-state index in [9.17, 15) is 4.79 Å². The maximum Gasteiger partial charge on any atom is 0.237 e. The van der Waals surface area contributed by atoms with E-state index in [4.69, 9.17) is 5.26 Å². The van der Waals surface area contributed by atoms with Crippen LogP contribution >= 0.6 is 11.8 Å². The average Bonchev–Trinajstić information content (AvgIpc) is 3.33. The number of hydrogen-bond acceptors (Lipinski definition) is 5. The van der Waals surface area contributed by atoms with E-state index >= 15 is 0 Å². The van der Waals surface area contributed by atoms with Crippen LogP contribution in [0.4, 0.5) is 5.69 Å². The molecular weight excluding hydrogens is 310 g/mol. The van der Waals surface area contributed by atoms with E-state index in [1.807, 2.05) is 18.5 Å². The van der Waals surface area contributed by atoms with Crippen LogP contribution in [0.2, 0.25) is 0 Å². The van der Waals surface area contributed by atoms with Gasteiger partial charge in [-0.3, -0.25) is 4.79 Å². The van der Waals surface area contributed by atoms with Crippen LogP contribution in [0.15, 0.2) is 29.4 Å². The third-order valence-electron chi connectivity index (χ3n) is 3.74. The van der Waals surface area contributed by atoms with E-state index in [2.05, 4.69) is 21.6 Å². The molecule has 1 saturated carbocycles. The first-order valence-corrected chi connectivity index (χ1v) is 8.33. The molecule has 1 aliphatic carbocycles. The van der Waals surface area contributed by atoms with Crippen molar-refractivity contribution in [2.75, 3.05) is 5.32 Å². The van der Waals surface area contributed by atoms with Gasteiger partial charge in [-0.2, -0.15) is 5.26 Å². The van der Waals surface area contributed by atoms with Gasteiger partial charge in [0.2, 0.25) is 5.91 Å². The molecule has 1 aliphatic rings. The van der Waals surface area contributed by atoms with Crippen molar-refractivity contribution in [2.24, 2.45) is 7.05 Å². The van der Waals surface area contributed by atoms with Crippen LogP contribution < -0.4 is 5.32 Å². The highest BCUT2D eigenvalue weighted by atomic mass is 32.2. The van der Waals surface area contributed by atoms with Crippen molar-refractivity contribution in [3.8, 4) is 6.07 Å². The van der Waals surface area contributed by atoms with Gasteiger partial charge >= 0.3 is 0 Å². The fourth-order valence-electron chi connectivity index (χ4n) is 2.21. The molecular formula is C16H17N5OS. The van der Waals surface area contributed by atoms with Gasteiger partial charge in [0.15, 0.2) is 5.16 Å². The lowest BCUT2D eigenvalue weighted by Gasteiger charge is -2.11. The van der Waals surface area contributed by atoms with Crippen molar-refractivity contribution in [3.63, 3.8) is 0 Å². The second-order valence-corrected chi connectivity index (χ2v) is 6.92. The van der Waals surface area contributed by atoms with Crippen molar-refractivity contribution >= 4 is 23.4 Å². The lowest BCUT2D eigenvalue weighted by Crippen LogP contribution is -2.22. The van der Waals surface area contributed by atoms with Gasteiger partial charge in [-0.05, 0) is 44.0 Å². The van der Waals surface area contributed by atoms with Gasteiger partial charge in [0.05, 0.1) is 16.9 Å². The number of anilines is 1. The molecule has 0 aliphatic heterocycles. The predicted octanol–water partition coefficient (Wildman–Crippen LogP) is 2.68. The summed E-state index contributed by atoms with van der Waals surface area (Å²) in [5.74, 6) is 1.44. The summed E-state index contributed by atoms with van der Waals surface area (Å²) in [7, 11) is 1.95. The normalized spacial score (nSPS) is 15.0. The summed E-state index contributed by atoms with van der Waals surface area (Å²) in [6.07, 6.45) is 2.34. The smallest absolute Gasteiger partial charge is 0.237 e. The van der Waals surface area contributed by atoms with Crippen LogP contribution in [0.1, 0.15) is 37.1 Å². The minimum Gasteiger partial charge on any atom is -0.325 e. The highest BCUT2D eigenvalue weighted by Gasteiger charge is 2.30. The fourth-order valence-corrected chi connectivity index (χ4v) is 3.03. The van der Waals surface area contributed by atoms with Gasteiger partial charge in [0.1, 0.15) is 5.82 Å². The summed E-state index contributed by atoms with van der Waals surface area (Å²) in [4.78, 5) is 12.3. The number of nitriles is 1. The Morgan fingerprint density at radius 2 is 2.09 bits per heavy atom. The molecule has 1 aromatic heterocycles. The monoisotopic (exact) mass is 327 g/mol. The number of hydrogen-bond donors (Lipinski definition) is 1. The van der Waals surface area contributed by atoms with Crippen LogP contribution in [-0.4, -0.2) is 25.9 Å². The van der Waals surface area contributed by atoms with Gasteiger partial charge < -0.3 is 9.88 Å². The third-order valence-corrected chi connectivity index (χ3v) is 4.88. The van der Waals surface area contributed by atoms with Gasteiger partial charge in [-0.15, -0.1) is 10.2 Å². The van der Waals surface area contributed by atoms with Gasteiger partial charge in [0.25, 0.3) is 0 Å². The first kappa shape index (κ1) is 15.6. The number of benzene rings is 1. The van der Waals surface area contributed by atoms with Crippen LogP contribution in [-0.2, 0) is 11.8 Å². The summed E-state index contributed by atoms with van der Waals surface area (Å²) >= 11 is 1.40. The lowest BCUT2D eigenvalue weighted by atomic mass is 10.2. The number of carbonyl (C=O) groups is 1. The zero-order valence-corrected chi connectivity index (χ0v) is 13.8. The molecule has 7 heteroatoms. The van der Waals surface area contributed by atoms with Crippen LogP contribution in [0.25, 0.3) is 0 Å². The van der Waals surface area contributed by atoms with Crippen molar-refractivity contribution in [3.05, 3.63) is 35.7 Å². The number of carbonyl (C=O) groups excluding carboxylic acids is 1. The molecule has 0 spiro atoms. The molecule has 0 unspecified atom stereocenters. The fraction of sp³-hybridized carbons (Fsp3) is 0.375. The Morgan fingerprint density at radius 3 is 2.70 bits per heavy atom. The highest BCUT2D eigenvalue weighted by Crippen LogP contribution is 2.39. The number of thioether (sulfide) groups is 1. The van der Waals surface area contributed by atoms with Gasteiger partial charge in [-0.1, -0.05) is 11.8 Å². The molecule has 2 aromatic rings. The van der Waals surface area contributed by atoms with Crippen LogP contribution in [0.3, 0.4) is 0 Å². The first-order chi connectivity index (χ1) is 11.1. The molecule has 0 bridgehead atoms. The molecule has 1 fully saturated rings. The predicted molar refractivity (Wildman–Crippen MR) is 88.1 cm³/mol. The largest absolute Gasteiger partial charge is 0.325 e. The van der Waals surface area contributed by atoms with Crippen molar-refractivity contribution in [2.45, 2.75) is 36.1 Å². The van der Waals surface area contributed by atoms with E-state index in [1.54, 1.807) is 24.3 Å². The highest BCUT2D eigenvalue weighted by molar-refractivity contribution is 8.00. The van der Waals surface area contributed by atoms with E-state index in [1.165, 1.54) is 24.6 Å². The van der Waals surface area contributed by atoms with Crippen molar-refractivity contribution in [1.29, 1.82) is 5.26 Å². The Morgan fingerprint density at radius 1 is 1.39 bits per heavy atom. The Labute approximate surface area is 138 Å². The number of rotatable bonds is 5. The summed E-state index contributed by atoms with van der Waals surface area (Å²) in [5.41, 5.74) is 1.25. The molecule has 0 saturated heterocycles. The molecule has 1 aromatic carbocycles. The molecule has 1 amide bonds. The number of aromatic nitrogens is 3. The van der Waals surface area contributed by atoms with Crippen molar-refractivity contribution in [1.82, 2.24) is 14.8 Å². The molecule has 1 heterocycles. The molecule has 0 radical (unpaired) electrons. The van der Waals surface area contributed by atoms with E-state index in [0.29, 0.717) is 17.2 Å². The van der Waals surface area contributed by atoms with Crippen LogP contribution in [0, 0.1) is 11.3 Å². The zero-order valence-electron chi connectivity index (χ0n) is 13.0.